The van der Waals surface area contributed by atoms with Gasteiger partial charge < -0.3 is 4.90 Å². The first-order valence-corrected chi connectivity index (χ1v) is 12.5. The number of nitriles is 1. The maximum atomic E-state index is 13.2. The lowest BCUT2D eigenvalue weighted by Crippen LogP contribution is -2.48. The smallest absolute Gasteiger partial charge is 0.270 e. The van der Waals surface area contributed by atoms with Gasteiger partial charge in [0.05, 0.1) is 4.91 Å². The molecule has 0 aliphatic carbocycles. The van der Waals surface area contributed by atoms with Crippen LogP contribution in [0.25, 0.3) is 6.08 Å². The quantitative estimate of drug-likeness (QED) is 0.468. The molecule has 7 nitrogen and oxygen atoms in total. The van der Waals surface area contributed by atoms with Gasteiger partial charge in [0.1, 0.15) is 21.8 Å². The molecule has 3 heterocycles. The molecule has 1 amide bonds. The first-order valence-electron chi connectivity index (χ1n) is 11.3. The van der Waals surface area contributed by atoms with Crippen LogP contribution < -0.4 is 10.5 Å². The Morgan fingerprint density at radius 2 is 1.82 bits per heavy atom. The molecule has 34 heavy (non-hydrogen) atoms. The molecule has 1 aromatic carbocycles. The molecule has 2 aliphatic rings. The number of anilines is 1. The number of benzene rings is 1. The van der Waals surface area contributed by atoms with E-state index in [-0.39, 0.29) is 17.0 Å². The maximum absolute atomic E-state index is 13.2. The van der Waals surface area contributed by atoms with Gasteiger partial charge in [0, 0.05) is 51.9 Å². The van der Waals surface area contributed by atoms with Crippen molar-refractivity contribution in [1.29, 1.82) is 5.26 Å². The second kappa shape index (κ2) is 10.1. The Labute approximate surface area is 209 Å². The Hall–Kier alpha value is -2.93. The standard InChI is InChI=1S/C25H27N5O2S2/c1-4-30-22(29-12-10-28(11-13-29)16-18-8-6-5-7-9-18)19(17(2)20(15-26)23(30)31)14-21-24(32)27(3)25(33)34-21/h5-9,14H,4,10-13,16H2,1-3H3. The highest BCUT2D eigenvalue weighted by Crippen LogP contribution is 2.35. The summed E-state index contributed by atoms with van der Waals surface area (Å²) in [5.41, 5.74) is 2.44. The highest BCUT2D eigenvalue weighted by atomic mass is 32.2. The number of hydrogen-bond acceptors (Lipinski definition) is 7. The Morgan fingerprint density at radius 1 is 1.15 bits per heavy atom. The molecule has 9 heteroatoms. The third-order valence-electron chi connectivity index (χ3n) is 6.35. The maximum Gasteiger partial charge on any atom is 0.270 e. The van der Waals surface area contributed by atoms with Gasteiger partial charge in [-0.3, -0.25) is 24.0 Å². The lowest BCUT2D eigenvalue weighted by atomic mass is 10.0. The average molecular weight is 494 g/mol. The monoisotopic (exact) mass is 493 g/mol. The average Bonchev–Trinajstić information content (AvgIpc) is 3.08. The minimum Gasteiger partial charge on any atom is -0.355 e. The zero-order valence-electron chi connectivity index (χ0n) is 19.6. The summed E-state index contributed by atoms with van der Waals surface area (Å²) in [5, 5.41) is 9.71. The van der Waals surface area contributed by atoms with E-state index in [1.54, 1.807) is 24.6 Å². The largest absolute Gasteiger partial charge is 0.355 e. The summed E-state index contributed by atoms with van der Waals surface area (Å²) in [4.78, 5) is 32.4. The van der Waals surface area contributed by atoms with E-state index >= 15 is 0 Å². The van der Waals surface area contributed by atoms with E-state index < -0.39 is 0 Å². The Morgan fingerprint density at radius 3 is 2.38 bits per heavy atom. The first-order chi connectivity index (χ1) is 16.3. The number of thiocarbonyl (C=S) groups is 1. The van der Waals surface area contributed by atoms with Crippen molar-refractivity contribution < 1.29 is 4.79 Å². The minimum absolute atomic E-state index is 0.117. The molecule has 0 saturated carbocycles. The zero-order chi connectivity index (χ0) is 24.4. The summed E-state index contributed by atoms with van der Waals surface area (Å²) in [5.74, 6) is 0.602. The van der Waals surface area contributed by atoms with Crippen molar-refractivity contribution in [3.05, 3.63) is 67.8 Å². The number of piperazine rings is 1. The van der Waals surface area contributed by atoms with Crippen LogP contribution in [-0.4, -0.2) is 57.8 Å². The summed E-state index contributed by atoms with van der Waals surface area (Å²) in [7, 11) is 1.66. The van der Waals surface area contributed by atoms with Crippen LogP contribution in [0.15, 0.2) is 40.0 Å². The molecule has 0 bridgehead atoms. The number of thioether (sulfide) groups is 1. The number of likely N-dealkylation sites (N-methyl/N-ethyl adjacent to an activating group) is 1. The molecule has 0 spiro atoms. The summed E-state index contributed by atoms with van der Waals surface area (Å²) >= 11 is 6.54. The fourth-order valence-electron chi connectivity index (χ4n) is 4.41. The molecular weight excluding hydrogens is 466 g/mol. The van der Waals surface area contributed by atoms with E-state index in [1.165, 1.54) is 22.2 Å². The van der Waals surface area contributed by atoms with Crippen molar-refractivity contribution in [2.24, 2.45) is 0 Å². The SMILES string of the molecule is CCn1c(N2CCN(Cc3ccccc3)CC2)c(C=C2SC(=S)N(C)C2=O)c(C)c(C#N)c1=O. The molecule has 2 aromatic rings. The van der Waals surface area contributed by atoms with E-state index in [0.29, 0.717) is 21.3 Å². The van der Waals surface area contributed by atoms with Gasteiger partial charge in [-0.1, -0.05) is 54.3 Å². The molecule has 0 radical (unpaired) electrons. The number of aromatic nitrogens is 1. The van der Waals surface area contributed by atoms with Gasteiger partial charge >= 0.3 is 0 Å². The van der Waals surface area contributed by atoms with Crippen molar-refractivity contribution in [3.8, 4) is 6.07 Å². The predicted molar refractivity (Wildman–Crippen MR) is 141 cm³/mol. The Bertz CT molecular complexity index is 1250. The van der Waals surface area contributed by atoms with Crippen LogP contribution in [0.4, 0.5) is 5.82 Å². The van der Waals surface area contributed by atoms with E-state index in [0.717, 1.165) is 44.1 Å². The number of carbonyl (C=O) groups excluding carboxylic acids is 1. The minimum atomic E-state index is -0.288. The van der Waals surface area contributed by atoms with Gasteiger partial charge in [0.15, 0.2) is 0 Å². The van der Waals surface area contributed by atoms with Crippen LogP contribution in [-0.2, 0) is 17.9 Å². The van der Waals surface area contributed by atoms with Gasteiger partial charge in [0.2, 0.25) is 0 Å². The van der Waals surface area contributed by atoms with Crippen molar-refractivity contribution >= 4 is 46.1 Å². The molecule has 0 N–H and O–H groups in total. The number of nitrogens with zero attached hydrogens (tertiary/aromatic N) is 5. The Balaban J connectivity index is 1.72. The second-order valence-corrected chi connectivity index (χ2v) is 10.1. The van der Waals surface area contributed by atoms with E-state index in [2.05, 4.69) is 40.1 Å². The highest BCUT2D eigenvalue weighted by Gasteiger charge is 2.31. The van der Waals surface area contributed by atoms with E-state index in [9.17, 15) is 14.9 Å². The summed E-state index contributed by atoms with van der Waals surface area (Å²) in [6.07, 6.45) is 1.80. The van der Waals surface area contributed by atoms with Crippen LogP contribution in [0.5, 0.6) is 0 Å². The number of pyridine rings is 1. The van der Waals surface area contributed by atoms with Gasteiger partial charge in [0.25, 0.3) is 11.5 Å². The van der Waals surface area contributed by atoms with E-state index in [1.807, 2.05) is 13.0 Å². The van der Waals surface area contributed by atoms with Crippen molar-refractivity contribution in [1.82, 2.24) is 14.4 Å². The highest BCUT2D eigenvalue weighted by molar-refractivity contribution is 8.26. The fraction of sp³-hybridized carbons (Fsp3) is 0.360. The molecule has 1 aromatic heterocycles. The van der Waals surface area contributed by atoms with Crippen molar-refractivity contribution in [2.45, 2.75) is 26.9 Å². The molecule has 4 rings (SSSR count). The first kappa shape index (κ1) is 24.2. The normalized spacial score (nSPS) is 18.1. The van der Waals surface area contributed by atoms with Gasteiger partial charge in [-0.2, -0.15) is 5.26 Å². The van der Waals surface area contributed by atoms with Gasteiger partial charge in [-0.15, -0.1) is 0 Å². The van der Waals surface area contributed by atoms with Crippen LogP contribution in [0, 0.1) is 18.3 Å². The van der Waals surface area contributed by atoms with Crippen LogP contribution in [0.2, 0.25) is 0 Å². The van der Waals surface area contributed by atoms with Gasteiger partial charge in [-0.05, 0) is 31.1 Å². The number of carbonyl (C=O) groups is 1. The summed E-state index contributed by atoms with van der Waals surface area (Å²) in [6.45, 7) is 8.19. The van der Waals surface area contributed by atoms with Crippen LogP contribution >= 0.6 is 24.0 Å². The molecule has 2 aliphatic heterocycles. The molecule has 2 saturated heterocycles. The lowest BCUT2D eigenvalue weighted by molar-refractivity contribution is -0.121. The molecule has 0 unspecified atom stereocenters. The van der Waals surface area contributed by atoms with Gasteiger partial charge in [-0.25, -0.2) is 0 Å². The third-order valence-corrected chi connectivity index (χ3v) is 7.83. The lowest BCUT2D eigenvalue weighted by Gasteiger charge is -2.38. The number of rotatable bonds is 5. The topological polar surface area (TPSA) is 72.6 Å². The zero-order valence-corrected chi connectivity index (χ0v) is 21.2. The third kappa shape index (κ3) is 4.53. The number of amides is 1. The van der Waals surface area contributed by atoms with Crippen molar-refractivity contribution in [2.75, 3.05) is 38.1 Å². The molecular formula is C25H27N5O2S2. The van der Waals surface area contributed by atoms with Crippen LogP contribution in [0.3, 0.4) is 0 Å². The summed E-state index contributed by atoms with van der Waals surface area (Å²) in [6, 6.07) is 12.5. The van der Waals surface area contributed by atoms with Crippen molar-refractivity contribution in [3.63, 3.8) is 0 Å². The van der Waals surface area contributed by atoms with E-state index in [4.69, 9.17) is 12.2 Å². The summed E-state index contributed by atoms with van der Waals surface area (Å²) < 4.78 is 2.16. The number of hydrogen-bond donors (Lipinski definition) is 0. The van der Waals surface area contributed by atoms with Crippen LogP contribution in [0.1, 0.15) is 29.2 Å². The molecule has 2 fully saturated rings. The molecule has 0 atom stereocenters. The molecule has 176 valence electrons. The second-order valence-electron chi connectivity index (χ2n) is 8.39. The fourth-order valence-corrected chi connectivity index (χ4v) is 5.58. The predicted octanol–water partition coefficient (Wildman–Crippen LogP) is 3.20. The Kier molecular flexibility index (Phi) is 7.22.